The predicted octanol–water partition coefficient (Wildman–Crippen LogP) is 4.30. The molecule has 1 aliphatic carbocycles. The van der Waals surface area contributed by atoms with Gasteiger partial charge in [0.15, 0.2) is 0 Å². The van der Waals surface area contributed by atoms with Crippen LogP contribution in [0.3, 0.4) is 0 Å². The van der Waals surface area contributed by atoms with Crippen LogP contribution in [0, 0.1) is 11.2 Å². The highest BCUT2D eigenvalue weighted by molar-refractivity contribution is 9.10. The summed E-state index contributed by atoms with van der Waals surface area (Å²) in [6.45, 7) is 2.36. The van der Waals surface area contributed by atoms with Crippen LogP contribution in [-0.2, 0) is 6.42 Å². The first-order chi connectivity index (χ1) is 8.55. The van der Waals surface area contributed by atoms with Crippen LogP contribution in [0.15, 0.2) is 22.7 Å². The summed E-state index contributed by atoms with van der Waals surface area (Å²) in [5.41, 5.74) is 1.41. The minimum atomic E-state index is -0.153. The largest absolute Gasteiger partial charge is 0.316 e. The molecular formula is C15H21BrFN. The molecule has 0 amide bonds. The first-order valence-corrected chi connectivity index (χ1v) is 7.46. The fourth-order valence-electron chi connectivity index (χ4n) is 3.15. The Balaban J connectivity index is 2.17. The monoisotopic (exact) mass is 313 g/mol. The van der Waals surface area contributed by atoms with Gasteiger partial charge in [-0.15, -0.1) is 0 Å². The van der Waals surface area contributed by atoms with Gasteiger partial charge in [0.25, 0.3) is 0 Å². The molecule has 0 bridgehead atoms. The highest BCUT2D eigenvalue weighted by Gasteiger charge is 2.36. The second-order valence-corrected chi connectivity index (χ2v) is 6.50. The van der Waals surface area contributed by atoms with Crippen molar-refractivity contribution >= 4 is 15.9 Å². The maximum atomic E-state index is 13.3. The molecule has 1 N–H and O–H groups in total. The molecule has 2 rings (SSSR count). The quantitative estimate of drug-likeness (QED) is 0.874. The van der Waals surface area contributed by atoms with Crippen LogP contribution in [0.4, 0.5) is 4.39 Å². The van der Waals surface area contributed by atoms with Gasteiger partial charge in [-0.2, -0.15) is 0 Å². The highest BCUT2D eigenvalue weighted by Crippen LogP contribution is 2.41. The number of likely N-dealkylation sites (N-methyl/N-ethyl adjacent to an activating group) is 1. The maximum absolute atomic E-state index is 13.3. The van der Waals surface area contributed by atoms with Crippen molar-refractivity contribution < 1.29 is 4.39 Å². The average Bonchev–Trinajstić information content (AvgIpc) is 2.78. The fraction of sp³-hybridized carbons (Fsp3) is 0.600. The summed E-state index contributed by atoms with van der Waals surface area (Å²) in [6, 6.07) is 5.36. The van der Waals surface area contributed by atoms with E-state index < -0.39 is 0 Å². The third kappa shape index (κ3) is 2.94. The Kier molecular flexibility index (Phi) is 4.44. The van der Waals surface area contributed by atoms with E-state index in [1.54, 1.807) is 12.1 Å². The Morgan fingerprint density at radius 1 is 1.39 bits per heavy atom. The second-order valence-electron chi connectivity index (χ2n) is 5.64. The standard InChI is InChI=1S/C15H21BrFN/c1-15(7-3-4-8-15)14(18-2)10-11-9-12(17)5-6-13(11)16/h5-6,9,14,18H,3-4,7-8,10H2,1-2H3. The normalized spacial score (nSPS) is 20.0. The lowest BCUT2D eigenvalue weighted by Crippen LogP contribution is -2.42. The third-order valence-corrected chi connectivity index (χ3v) is 5.14. The van der Waals surface area contributed by atoms with Gasteiger partial charge in [-0.05, 0) is 55.5 Å². The molecule has 1 unspecified atom stereocenters. The van der Waals surface area contributed by atoms with Crippen LogP contribution in [0.5, 0.6) is 0 Å². The highest BCUT2D eigenvalue weighted by atomic mass is 79.9. The summed E-state index contributed by atoms with van der Waals surface area (Å²) < 4.78 is 14.3. The van der Waals surface area contributed by atoms with Gasteiger partial charge >= 0.3 is 0 Å². The van der Waals surface area contributed by atoms with Crippen LogP contribution >= 0.6 is 15.9 Å². The Hall–Kier alpha value is -0.410. The lowest BCUT2D eigenvalue weighted by atomic mass is 9.78. The van der Waals surface area contributed by atoms with Gasteiger partial charge in [0.05, 0.1) is 0 Å². The van der Waals surface area contributed by atoms with Crippen LogP contribution < -0.4 is 5.32 Å². The van der Waals surface area contributed by atoms with Crippen molar-refractivity contribution in [2.24, 2.45) is 5.41 Å². The maximum Gasteiger partial charge on any atom is 0.123 e. The van der Waals surface area contributed by atoms with E-state index >= 15 is 0 Å². The third-order valence-electron chi connectivity index (χ3n) is 4.37. The van der Waals surface area contributed by atoms with E-state index in [-0.39, 0.29) is 5.82 Å². The zero-order valence-corrected chi connectivity index (χ0v) is 12.7. The summed E-state index contributed by atoms with van der Waals surface area (Å²) in [6.07, 6.45) is 6.06. The van der Waals surface area contributed by atoms with Crippen molar-refractivity contribution in [3.63, 3.8) is 0 Å². The summed E-state index contributed by atoms with van der Waals surface area (Å²) in [5, 5.41) is 3.44. The van der Waals surface area contributed by atoms with E-state index in [4.69, 9.17) is 0 Å². The van der Waals surface area contributed by atoms with E-state index in [2.05, 4.69) is 28.2 Å². The topological polar surface area (TPSA) is 12.0 Å². The van der Waals surface area contributed by atoms with Crippen molar-refractivity contribution in [1.82, 2.24) is 5.32 Å². The molecule has 0 saturated heterocycles. The molecule has 1 nitrogen and oxygen atoms in total. The molecule has 18 heavy (non-hydrogen) atoms. The lowest BCUT2D eigenvalue weighted by Gasteiger charge is -2.34. The number of halogens is 2. The van der Waals surface area contributed by atoms with Crippen molar-refractivity contribution in [1.29, 1.82) is 0 Å². The molecule has 0 spiro atoms. The molecule has 0 aromatic heterocycles. The molecule has 1 aliphatic rings. The van der Waals surface area contributed by atoms with Gasteiger partial charge < -0.3 is 5.32 Å². The predicted molar refractivity (Wildman–Crippen MR) is 77.2 cm³/mol. The van der Waals surface area contributed by atoms with Crippen molar-refractivity contribution in [3.8, 4) is 0 Å². The number of benzene rings is 1. The fourth-order valence-corrected chi connectivity index (χ4v) is 3.56. The first-order valence-electron chi connectivity index (χ1n) is 6.66. The van der Waals surface area contributed by atoms with Crippen molar-refractivity contribution in [2.75, 3.05) is 7.05 Å². The van der Waals surface area contributed by atoms with Gasteiger partial charge in [0.2, 0.25) is 0 Å². The Morgan fingerprint density at radius 3 is 2.67 bits per heavy atom. The molecule has 100 valence electrons. The number of nitrogens with one attached hydrogen (secondary N) is 1. The molecule has 1 aromatic carbocycles. The summed E-state index contributed by atoms with van der Waals surface area (Å²) in [7, 11) is 2.02. The Morgan fingerprint density at radius 2 is 2.06 bits per heavy atom. The van der Waals surface area contributed by atoms with Crippen LogP contribution in [-0.4, -0.2) is 13.1 Å². The Bertz CT molecular complexity index is 413. The molecular weight excluding hydrogens is 293 g/mol. The van der Waals surface area contributed by atoms with Gasteiger partial charge in [-0.1, -0.05) is 35.7 Å². The molecule has 1 aromatic rings. The van der Waals surface area contributed by atoms with Gasteiger partial charge in [-0.3, -0.25) is 0 Å². The summed E-state index contributed by atoms with van der Waals surface area (Å²) in [4.78, 5) is 0. The van der Waals surface area contributed by atoms with Gasteiger partial charge in [0.1, 0.15) is 5.82 Å². The molecule has 3 heteroatoms. The van der Waals surface area contributed by atoms with Crippen LogP contribution in [0.2, 0.25) is 0 Å². The summed E-state index contributed by atoms with van der Waals surface area (Å²) >= 11 is 3.52. The number of hydrogen-bond acceptors (Lipinski definition) is 1. The zero-order valence-electron chi connectivity index (χ0n) is 11.1. The molecule has 0 aliphatic heterocycles. The van der Waals surface area contributed by atoms with Crippen molar-refractivity contribution in [3.05, 3.63) is 34.1 Å². The smallest absolute Gasteiger partial charge is 0.123 e. The van der Waals surface area contributed by atoms with E-state index in [0.29, 0.717) is 11.5 Å². The first kappa shape index (κ1) is 14.0. The molecule has 0 radical (unpaired) electrons. The minimum absolute atomic E-state index is 0.153. The van der Waals surface area contributed by atoms with Crippen molar-refractivity contribution in [2.45, 2.75) is 45.1 Å². The van der Waals surface area contributed by atoms with Gasteiger partial charge in [-0.25, -0.2) is 4.39 Å². The van der Waals surface area contributed by atoms with Gasteiger partial charge in [0, 0.05) is 10.5 Å². The summed E-state index contributed by atoms with van der Waals surface area (Å²) in [5.74, 6) is -0.153. The van der Waals surface area contributed by atoms with E-state index in [9.17, 15) is 4.39 Å². The van der Waals surface area contributed by atoms with Crippen LogP contribution in [0.25, 0.3) is 0 Å². The SMILES string of the molecule is CNC(Cc1cc(F)ccc1Br)C1(C)CCCC1. The zero-order chi connectivity index (χ0) is 13.2. The second kappa shape index (κ2) is 5.70. The lowest BCUT2D eigenvalue weighted by molar-refractivity contribution is 0.229. The molecule has 1 fully saturated rings. The Labute approximate surface area is 117 Å². The molecule has 1 saturated carbocycles. The molecule has 0 heterocycles. The number of hydrogen-bond donors (Lipinski definition) is 1. The van der Waals surface area contributed by atoms with Crippen LogP contribution in [0.1, 0.15) is 38.2 Å². The minimum Gasteiger partial charge on any atom is -0.316 e. The molecule has 1 atom stereocenters. The van der Waals surface area contributed by atoms with E-state index in [0.717, 1.165) is 16.5 Å². The van der Waals surface area contributed by atoms with E-state index in [1.165, 1.54) is 31.7 Å². The average molecular weight is 314 g/mol. The number of rotatable bonds is 4. The van der Waals surface area contributed by atoms with E-state index in [1.807, 2.05) is 7.05 Å².